The van der Waals surface area contributed by atoms with E-state index in [2.05, 4.69) is 24.1 Å². The number of amides is 1. The third-order valence-electron chi connectivity index (χ3n) is 3.53. The van der Waals surface area contributed by atoms with Crippen LogP contribution in [0, 0.1) is 5.92 Å². The van der Waals surface area contributed by atoms with Crippen molar-refractivity contribution >= 4 is 5.91 Å². The van der Waals surface area contributed by atoms with Crippen molar-refractivity contribution < 1.29 is 4.79 Å². The van der Waals surface area contributed by atoms with Gasteiger partial charge in [0.05, 0.1) is 0 Å². The van der Waals surface area contributed by atoms with Crippen molar-refractivity contribution in [2.75, 3.05) is 19.6 Å². The van der Waals surface area contributed by atoms with Gasteiger partial charge in [-0.15, -0.1) is 0 Å². The van der Waals surface area contributed by atoms with Crippen LogP contribution < -0.4 is 5.32 Å². The Hall–Kier alpha value is -0.570. The summed E-state index contributed by atoms with van der Waals surface area (Å²) in [6.07, 6.45) is 4.24. The van der Waals surface area contributed by atoms with Crippen LogP contribution in [-0.2, 0) is 4.79 Å². The molecule has 94 valence electrons. The highest BCUT2D eigenvalue weighted by atomic mass is 16.2. The van der Waals surface area contributed by atoms with Crippen LogP contribution in [0.1, 0.15) is 46.5 Å². The summed E-state index contributed by atoms with van der Waals surface area (Å²) in [6.45, 7) is 9.32. The Balaban J connectivity index is 2.60. The fourth-order valence-corrected chi connectivity index (χ4v) is 2.29. The van der Waals surface area contributed by atoms with Gasteiger partial charge in [-0.2, -0.15) is 0 Å². The average molecular weight is 226 g/mol. The molecule has 1 rings (SSSR count). The molecule has 1 heterocycles. The number of nitrogens with zero attached hydrogens (tertiary/aromatic N) is 1. The lowest BCUT2D eigenvalue weighted by Gasteiger charge is -2.36. The summed E-state index contributed by atoms with van der Waals surface area (Å²) in [5.41, 5.74) is 0. The Bertz CT molecular complexity index is 212. The molecule has 1 amide bonds. The Morgan fingerprint density at radius 2 is 2.00 bits per heavy atom. The van der Waals surface area contributed by atoms with Gasteiger partial charge in [0.2, 0.25) is 5.91 Å². The van der Waals surface area contributed by atoms with Gasteiger partial charge in [0.15, 0.2) is 0 Å². The van der Waals surface area contributed by atoms with E-state index in [0.29, 0.717) is 11.9 Å². The number of carbonyl (C=O) groups excluding carboxylic acids is 1. The summed E-state index contributed by atoms with van der Waals surface area (Å²) >= 11 is 0. The SMILES string of the molecule is CCCN(C(=O)C(C)CC)C1CCNCC1. The van der Waals surface area contributed by atoms with Crippen molar-refractivity contribution in [2.24, 2.45) is 5.92 Å². The summed E-state index contributed by atoms with van der Waals surface area (Å²) in [5, 5.41) is 3.36. The smallest absolute Gasteiger partial charge is 0.225 e. The van der Waals surface area contributed by atoms with Gasteiger partial charge in [-0.1, -0.05) is 20.8 Å². The van der Waals surface area contributed by atoms with Crippen molar-refractivity contribution in [3.63, 3.8) is 0 Å². The maximum absolute atomic E-state index is 12.3. The molecule has 0 aromatic carbocycles. The third-order valence-corrected chi connectivity index (χ3v) is 3.53. The summed E-state index contributed by atoms with van der Waals surface area (Å²) < 4.78 is 0. The van der Waals surface area contributed by atoms with Crippen molar-refractivity contribution in [1.82, 2.24) is 10.2 Å². The molecule has 1 saturated heterocycles. The molecule has 0 aliphatic carbocycles. The standard InChI is InChI=1S/C13H26N2O/c1-4-10-15(13(16)11(3)5-2)12-6-8-14-9-7-12/h11-12,14H,4-10H2,1-3H3. The molecule has 0 spiro atoms. The lowest BCUT2D eigenvalue weighted by atomic mass is 10.0. The summed E-state index contributed by atoms with van der Waals surface area (Å²) in [6, 6.07) is 0.475. The van der Waals surface area contributed by atoms with E-state index in [9.17, 15) is 4.79 Å². The minimum absolute atomic E-state index is 0.182. The van der Waals surface area contributed by atoms with Gasteiger partial charge >= 0.3 is 0 Å². The van der Waals surface area contributed by atoms with E-state index >= 15 is 0 Å². The normalized spacial score (nSPS) is 19.4. The molecule has 1 unspecified atom stereocenters. The predicted molar refractivity (Wildman–Crippen MR) is 67.4 cm³/mol. The van der Waals surface area contributed by atoms with Crippen molar-refractivity contribution in [2.45, 2.75) is 52.5 Å². The maximum Gasteiger partial charge on any atom is 0.225 e. The number of hydrogen-bond acceptors (Lipinski definition) is 2. The molecule has 16 heavy (non-hydrogen) atoms. The molecule has 1 aliphatic heterocycles. The number of hydrogen-bond donors (Lipinski definition) is 1. The van der Waals surface area contributed by atoms with Crippen molar-refractivity contribution in [3.05, 3.63) is 0 Å². The molecule has 3 nitrogen and oxygen atoms in total. The first-order valence-corrected chi connectivity index (χ1v) is 6.71. The lowest BCUT2D eigenvalue weighted by molar-refractivity contribution is -0.138. The van der Waals surface area contributed by atoms with Gasteiger partial charge in [-0.3, -0.25) is 4.79 Å². The van der Waals surface area contributed by atoms with Crippen LogP contribution in [0.4, 0.5) is 0 Å². The fraction of sp³-hybridized carbons (Fsp3) is 0.923. The first-order valence-electron chi connectivity index (χ1n) is 6.71. The van der Waals surface area contributed by atoms with Gasteiger partial charge < -0.3 is 10.2 Å². The summed E-state index contributed by atoms with van der Waals surface area (Å²) in [4.78, 5) is 14.4. The number of rotatable bonds is 5. The number of nitrogens with one attached hydrogen (secondary N) is 1. The second kappa shape index (κ2) is 6.89. The summed E-state index contributed by atoms with van der Waals surface area (Å²) in [5.74, 6) is 0.540. The van der Waals surface area contributed by atoms with E-state index < -0.39 is 0 Å². The van der Waals surface area contributed by atoms with E-state index in [1.54, 1.807) is 0 Å². The zero-order valence-electron chi connectivity index (χ0n) is 11.0. The molecule has 0 bridgehead atoms. The van der Waals surface area contributed by atoms with Crippen LogP contribution in [0.3, 0.4) is 0 Å². The second-order valence-corrected chi connectivity index (χ2v) is 4.82. The number of piperidine rings is 1. The molecule has 0 saturated carbocycles. The topological polar surface area (TPSA) is 32.3 Å². The first kappa shape index (κ1) is 13.5. The Morgan fingerprint density at radius 3 is 2.50 bits per heavy atom. The molecule has 1 atom stereocenters. The zero-order valence-corrected chi connectivity index (χ0v) is 11.0. The van der Waals surface area contributed by atoms with Gasteiger partial charge in [-0.25, -0.2) is 0 Å². The fourth-order valence-electron chi connectivity index (χ4n) is 2.29. The zero-order chi connectivity index (χ0) is 12.0. The summed E-state index contributed by atoms with van der Waals surface area (Å²) in [7, 11) is 0. The van der Waals surface area contributed by atoms with Gasteiger partial charge in [0, 0.05) is 18.5 Å². The largest absolute Gasteiger partial charge is 0.339 e. The van der Waals surface area contributed by atoms with Crippen LogP contribution in [0.2, 0.25) is 0 Å². The highest BCUT2D eigenvalue weighted by molar-refractivity contribution is 5.78. The Labute approximate surface area is 99.6 Å². The highest BCUT2D eigenvalue weighted by Gasteiger charge is 2.26. The molecular formula is C13H26N2O. The van der Waals surface area contributed by atoms with Crippen LogP contribution in [0.15, 0.2) is 0 Å². The molecular weight excluding hydrogens is 200 g/mol. The van der Waals surface area contributed by atoms with Gasteiger partial charge in [0.25, 0.3) is 0 Å². The van der Waals surface area contributed by atoms with Crippen LogP contribution >= 0.6 is 0 Å². The third kappa shape index (κ3) is 3.48. The van der Waals surface area contributed by atoms with Crippen LogP contribution in [0.25, 0.3) is 0 Å². The highest BCUT2D eigenvalue weighted by Crippen LogP contribution is 2.17. The maximum atomic E-state index is 12.3. The first-order chi connectivity index (χ1) is 7.70. The van der Waals surface area contributed by atoms with E-state index in [1.807, 2.05) is 6.92 Å². The quantitative estimate of drug-likeness (QED) is 0.778. The van der Waals surface area contributed by atoms with Crippen molar-refractivity contribution in [3.8, 4) is 0 Å². The molecule has 0 aromatic heterocycles. The molecule has 3 heteroatoms. The van der Waals surface area contributed by atoms with Gasteiger partial charge in [-0.05, 0) is 38.8 Å². The average Bonchev–Trinajstić information content (AvgIpc) is 2.35. The molecule has 1 fully saturated rings. The van der Waals surface area contributed by atoms with Crippen molar-refractivity contribution in [1.29, 1.82) is 0 Å². The predicted octanol–water partition coefficient (Wildman–Crippen LogP) is 2.02. The minimum atomic E-state index is 0.182. The molecule has 1 aliphatic rings. The van der Waals surface area contributed by atoms with Crippen LogP contribution in [0.5, 0.6) is 0 Å². The van der Waals surface area contributed by atoms with Gasteiger partial charge in [0.1, 0.15) is 0 Å². The minimum Gasteiger partial charge on any atom is -0.339 e. The molecule has 0 aromatic rings. The number of carbonyl (C=O) groups is 1. The van der Waals surface area contributed by atoms with E-state index in [0.717, 1.165) is 45.3 Å². The Morgan fingerprint density at radius 1 is 1.38 bits per heavy atom. The lowest BCUT2D eigenvalue weighted by Crippen LogP contribution is -2.48. The van der Waals surface area contributed by atoms with E-state index in [1.165, 1.54) is 0 Å². The van der Waals surface area contributed by atoms with E-state index in [-0.39, 0.29) is 5.92 Å². The second-order valence-electron chi connectivity index (χ2n) is 4.82. The van der Waals surface area contributed by atoms with Crippen LogP contribution in [-0.4, -0.2) is 36.5 Å². The monoisotopic (exact) mass is 226 g/mol. The Kier molecular flexibility index (Phi) is 5.81. The molecule has 1 N–H and O–H groups in total. The van der Waals surface area contributed by atoms with E-state index in [4.69, 9.17) is 0 Å². The molecule has 0 radical (unpaired) electrons.